The van der Waals surface area contributed by atoms with E-state index >= 15 is 0 Å². The van der Waals surface area contributed by atoms with E-state index in [1.54, 1.807) is 13.3 Å². The molecule has 5 heteroatoms. The first-order chi connectivity index (χ1) is 10.2. The molecule has 1 aromatic carbocycles. The first-order valence-corrected chi connectivity index (χ1v) is 7.32. The number of likely N-dealkylation sites (N-methyl/N-ethyl adjacent to an activating group) is 1. The molecule has 0 atom stereocenters. The predicted octanol–water partition coefficient (Wildman–Crippen LogP) is 2.01. The van der Waals surface area contributed by atoms with Gasteiger partial charge in [-0.25, -0.2) is 4.79 Å². The van der Waals surface area contributed by atoms with Crippen molar-refractivity contribution >= 4 is 12.1 Å². The minimum atomic E-state index is -0.0445. The van der Waals surface area contributed by atoms with E-state index in [2.05, 4.69) is 17.1 Å². The Balaban J connectivity index is 1.85. The van der Waals surface area contributed by atoms with E-state index in [1.807, 2.05) is 35.2 Å². The first-order valence-electron chi connectivity index (χ1n) is 7.32. The van der Waals surface area contributed by atoms with Crippen molar-refractivity contribution in [1.82, 2.24) is 15.1 Å². The summed E-state index contributed by atoms with van der Waals surface area (Å²) in [6.07, 6.45) is 3.52. The second kappa shape index (κ2) is 7.69. The Hall–Kier alpha value is -2.01. The Morgan fingerprint density at radius 2 is 2.00 bits per heavy atom. The molecular formula is C16H23N3O2. The van der Waals surface area contributed by atoms with Crippen LogP contribution in [0.2, 0.25) is 0 Å². The zero-order chi connectivity index (χ0) is 15.1. The molecule has 2 amide bonds. The molecule has 0 bridgehead atoms. The maximum atomic E-state index is 12.1. The van der Waals surface area contributed by atoms with Gasteiger partial charge < -0.3 is 19.9 Å². The lowest BCUT2D eigenvalue weighted by molar-refractivity contribution is 0.145. The Labute approximate surface area is 126 Å². The lowest BCUT2D eigenvalue weighted by Crippen LogP contribution is -2.50. The molecule has 1 aliphatic rings. The smallest absolute Gasteiger partial charge is 0.321 e. The molecule has 1 fully saturated rings. The third-order valence-corrected chi connectivity index (χ3v) is 3.72. The summed E-state index contributed by atoms with van der Waals surface area (Å²) in [4.78, 5) is 16.2. The minimum Gasteiger partial charge on any atom is -0.496 e. The van der Waals surface area contributed by atoms with Crippen LogP contribution in [-0.2, 0) is 0 Å². The number of carbonyl (C=O) groups excluding carboxylic acids is 1. The lowest BCUT2D eigenvalue weighted by atomic mass is 10.2. The fraction of sp³-hybridized carbons (Fsp3) is 0.438. The summed E-state index contributed by atoms with van der Waals surface area (Å²) in [6, 6.07) is 7.65. The molecule has 1 aromatic rings. The number of para-hydroxylation sites is 1. The standard InChI is InChI=1S/C16H23N3O2/c1-3-18-10-12-19(13-11-18)16(20)17-9-8-14-6-4-5-7-15(14)21-2/h4-9H,3,10-13H2,1-2H3,(H,17,20)/b9-8+. The monoisotopic (exact) mass is 289 g/mol. The van der Waals surface area contributed by atoms with Crippen molar-refractivity contribution in [3.63, 3.8) is 0 Å². The van der Waals surface area contributed by atoms with Gasteiger partial charge in [-0.05, 0) is 18.7 Å². The number of nitrogens with one attached hydrogen (secondary N) is 1. The van der Waals surface area contributed by atoms with E-state index in [0.29, 0.717) is 0 Å². The molecule has 1 N–H and O–H groups in total. The van der Waals surface area contributed by atoms with Crippen LogP contribution >= 0.6 is 0 Å². The first kappa shape index (κ1) is 15.4. The molecule has 114 valence electrons. The van der Waals surface area contributed by atoms with Gasteiger partial charge in [-0.15, -0.1) is 0 Å². The van der Waals surface area contributed by atoms with Gasteiger partial charge in [0.25, 0.3) is 0 Å². The van der Waals surface area contributed by atoms with Gasteiger partial charge in [-0.3, -0.25) is 0 Å². The molecule has 21 heavy (non-hydrogen) atoms. The second-order valence-corrected chi connectivity index (χ2v) is 4.95. The second-order valence-electron chi connectivity index (χ2n) is 4.95. The number of benzene rings is 1. The molecule has 0 unspecified atom stereocenters. The van der Waals surface area contributed by atoms with E-state index in [4.69, 9.17) is 4.74 Å². The number of ether oxygens (including phenoxy) is 1. The van der Waals surface area contributed by atoms with Gasteiger partial charge in [0.15, 0.2) is 0 Å². The largest absolute Gasteiger partial charge is 0.496 e. The molecule has 1 heterocycles. The summed E-state index contributed by atoms with van der Waals surface area (Å²) in [5, 5.41) is 2.82. The number of nitrogens with zero attached hydrogens (tertiary/aromatic N) is 2. The van der Waals surface area contributed by atoms with E-state index in [0.717, 1.165) is 44.0 Å². The summed E-state index contributed by atoms with van der Waals surface area (Å²) in [5.74, 6) is 0.791. The molecule has 0 aromatic heterocycles. The number of hydrogen-bond donors (Lipinski definition) is 1. The molecule has 5 nitrogen and oxygen atoms in total. The molecule has 0 aliphatic carbocycles. The highest BCUT2D eigenvalue weighted by Crippen LogP contribution is 2.18. The highest BCUT2D eigenvalue weighted by atomic mass is 16.5. The van der Waals surface area contributed by atoms with Crippen LogP contribution in [-0.4, -0.2) is 55.7 Å². The van der Waals surface area contributed by atoms with Crippen molar-refractivity contribution in [2.24, 2.45) is 0 Å². The minimum absolute atomic E-state index is 0.0445. The molecule has 0 saturated carbocycles. The highest BCUT2D eigenvalue weighted by molar-refractivity contribution is 5.76. The Bertz CT molecular complexity index is 494. The van der Waals surface area contributed by atoms with Crippen molar-refractivity contribution in [1.29, 1.82) is 0 Å². The van der Waals surface area contributed by atoms with Crippen LogP contribution in [0, 0.1) is 0 Å². The van der Waals surface area contributed by atoms with Crippen molar-refractivity contribution in [3.05, 3.63) is 36.0 Å². The molecule has 1 saturated heterocycles. The van der Waals surface area contributed by atoms with Crippen LogP contribution in [0.15, 0.2) is 30.5 Å². The highest BCUT2D eigenvalue weighted by Gasteiger charge is 2.18. The van der Waals surface area contributed by atoms with Crippen LogP contribution in [0.5, 0.6) is 5.75 Å². The summed E-state index contributed by atoms with van der Waals surface area (Å²) in [5.41, 5.74) is 0.941. The molecule has 1 aliphatic heterocycles. The number of rotatable bonds is 4. The molecular weight excluding hydrogens is 266 g/mol. The topological polar surface area (TPSA) is 44.8 Å². The van der Waals surface area contributed by atoms with Crippen molar-refractivity contribution in [3.8, 4) is 5.75 Å². The predicted molar refractivity (Wildman–Crippen MR) is 84.2 cm³/mol. The third kappa shape index (κ3) is 4.23. The average Bonchev–Trinajstić information content (AvgIpc) is 2.55. The Morgan fingerprint density at radius 3 is 2.67 bits per heavy atom. The lowest BCUT2D eigenvalue weighted by Gasteiger charge is -2.33. The SMILES string of the molecule is CCN1CCN(C(=O)N/C=C/c2ccccc2OC)CC1. The summed E-state index contributed by atoms with van der Waals surface area (Å²) in [6.45, 7) is 6.64. The maximum absolute atomic E-state index is 12.1. The number of hydrogen-bond acceptors (Lipinski definition) is 3. The Kier molecular flexibility index (Phi) is 5.63. The van der Waals surface area contributed by atoms with E-state index in [9.17, 15) is 4.79 Å². The van der Waals surface area contributed by atoms with Crippen LogP contribution < -0.4 is 10.1 Å². The molecule has 2 rings (SSSR count). The van der Waals surface area contributed by atoms with Gasteiger partial charge >= 0.3 is 6.03 Å². The number of urea groups is 1. The van der Waals surface area contributed by atoms with Crippen molar-refractivity contribution in [2.45, 2.75) is 6.92 Å². The number of carbonyl (C=O) groups is 1. The van der Waals surface area contributed by atoms with Crippen LogP contribution in [0.1, 0.15) is 12.5 Å². The normalized spacial score (nSPS) is 16.2. The van der Waals surface area contributed by atoms with Gasteiger partial charge in [-0.1, -0.05) is 25.1 Å². The van der Waals surface area contributed by atoms with Crippen LogP contribution in [0.25, 0.3) is 6.08 Å². The maximum Gasteiger partial charge on any atom is 0.321 e. The van der Waals surface area contributed by atoms with Gasteiger partial charge in [0.2, 0.25) is 0 Å². The van der Waals surface area contributed by atoms with E-state index in [1.165, 1.54) is 0 Å². The third-order valence-electron chi connectivity index (χ3n) is 3.72. The Morgan fingerprint density at radius 1 is 1.29 bits per heavy atom. The van der Waals surface area contributed by atoms with Crippen LogP contribution in [0.4, 0.5) is 4.79 Å². The van der Waals surface area contributed by atoms with Gasteiger partial charge in [0.1, 0.15) is 5.75 Å². The van der Waals surface area contributed by atoms with Crippen molar-refractivity contribution < 1.29 is 9.53 Å². The molecule has 0 spiro atoms. The molecule has 0 radical (unpaired) electrons. The zero-order valence-corrected chi connectivity index (χ0v) is 12.7. The van der Waals surface area contributed by atoms with E-state index < -0.39 is 0 Å². The van der Waals surface area contributed by atoms with Crippen molar-refractivity contribution in [2.75, 3.05) is 39.8 Å². The number of amides is 2. The zero-order valence-electron chi connectivity index (χ0n) is 12.7. The summed E-state index contributed by atoms with van der Waals surface area (Å²) >= 11 is 0. The van der Waals surface area contributed by atoms with Crippen LogP contribution in [0.3, 0.4) is 0 Å². The van der Waals surface area contributed by atoms with Gasteiger partial charge in [0, 0.05) is 37.9 Å². The fourth-order valence-corrected chi connectivity index (χ4v) is 2.37. The fourth-order valence-electron chi connectivity index (χ4n) is 2.37. The summed E-state index contributed by atoms with van der Waals surface area (Å²) < 4.78 is 5.26. The quantitative estimate of drug-likeness (QED) is 0.922. The van der Waals surface area contributed by atoms with E-state index in [-0.39, 0.29) is 6.03 Å². The average molecular weight is 289 g/mol. The van der Waals surface area contributed by atoms with Gasteiger partial charge in [-0.2, -0.15) is 0 Å². The number of piperazine rings is 1. The number of methoxy groups -OCH3 is 1. The van der Waals surface area contributed by atoms with Gasteiger partial charge in [0.05, 0.1) is 7.11 Å². The summed E-state index contributed by atoms with van der Waals surface area (Å²) in [7, 11) is 1.64.